The Hall–Kier alpha value is -2.93. The number of nitrogens with zero attached hydrogens (tertiary/aromatic N) is 3. The maximum absolute atomic E-state index is 13.1. The minimum Gasteiger partial charge on any atom is -0.365 e. The summed E-state index contributed by atoms with van der Waals surface area (Å²) < 4.78 is 8.80. The van der Waals surface area contributed by atoms with Gasteiger partial charge in [0, 0.05) is 7.05 Å². The number of carbonyl (C=O) groups is 2. The van der Waals surface area contributed by atoms with Gasteiger partial charge in [-0.1, -0.05) is 30.4 Å². The lowest BCUT2D eigenvalue weighted by Gasteiger charge is -2.16. The number of fused-ring (bicyclic) bond motifs is 5. The molecule has 2 aromatic rings. The van der Waals surface area contributed by atoms with Gasteiger partial charge < -0.3 is 4.74 Å². The zero-order chi connectivity index (χ0) is 18.2. The largest absolute Gasteiger partial charge is 0.365 e. The van der Waals surface area contributed by atoms with Crippen LogP contribution in [0.3, 0.4) is 0 Å². The number of rotatable bonds is 2. The molecule has 0 N–H and O–H groups in total. The van der Waals surface area contributed by atoms with E-state index in [1.54, 1.807) is 18.7 Å². The van der Waals surface area contributed by atoms with Crippen LogP contribution in [0.5, 0.6) is 0 Å². The van der Waals surface area contributed by atoms with Gasteiger partial charge >= 0.3 is 0 Å². The normalized spacial score (nSPS) is 29.1. The zero-order valence-corrected chi connectivity index (χ0v) is 14.3. The summed E-state index contributed by atoms with van der Waals surface area (Å²) in [5.41, 5.74) is 1.01. The number of ether oxygens (including phenoxy) is 1. The molecular formula is C19H17N3O4. The third-order valence-electron chi connectivity index (χ3n) is 5.66. The van der Waals surface area contributed by atoms with E-state index in [4.69, 9.17) is 4.74 Å². The van der Waals surface area contributed by atoms with E-state index >= 15 is 0 Å². The van der Waals surface area contributed by atoms with Crippen molar-refractivity contribution < 1.29 is 14.3 Å². The second-order valence-corrected chi connectivity index (χ2v) is 6.92. The molecule has 3 aliphatic rings. The molecule has 0 saturated carbocycles. The number of para-hydroxylation sites is 1. The Balaban J connectivity index is 1.66. The molecule has 2 bridgehead atoms. The van der Waals surface area contributed by atoms with Gasteiger partial charge in [-0.05, 0) is 19.1 Å². The number of benzene rings is 1. The van der Waals surface area contributed by atoms with E-state index < -0.39 is 11.8 Å². The molecule has 7 nitrogen and oxygen atoms in total. The number of carbonyl (C=O) groups excluding carboxylic acids is 2. The molecule has 26 heavy (non-hydrogen) atoms. The third kappa shape index (κ3) is 1.73. The van der Waals surface area contributed by atoms with Crippen molar-refractivity contribution in [2.75, 3.05) is 4.90 Å². The molecule has 0 radical (unpaired) electrons. The maximum Gasteiger partial charge on any atom is 0.296 e. The average molecular weight is 351 g/mol. The van der Waals surface area contributed by atoms with E-state index in [9.17, 15) is 14.4 Å². The van der Waals surface area contributed by atoms with Crippen LogP contribution in [-0.4, -0.2) is 33.4 Å². The van der Waals surface area contributed by atoms with Gasteiger partial charge in [-0.15, -0.1) is 0 Å². The Morgan fingerprint density at radius 3 is 2.08 bits per heavy atom. The molecule has 0 aliphatic carbocycles. The van der Waals surface area contributed by atoms with Crippen molar-refractivity contribution in [1.29, 1.82) is 0 Å². The average Bonchev–Trinajstić information content (AvgIpc) is 3.36. The van der Waals surface area contributed by atoms with Crippen molar-refractivity contribution >= 4 is 17.5 Å². The lowest BCUT2D eigenvalue weighted by atomic mass is 9.85. The summed E-state index contributed by atoms with van der Waals surface area (Å²) in [7, 11) is 1.74. The molecule has 5 rings (SSSR count). The number of anilines is 1. The highest BCUT2D eigenvalue weighted by Gasteiger charge is 2.61. The van der Waals surface area contributed by atoms with Crippen molar-refractivity contribution in [3.05, 3.63) is 58.5 Å². The van der Waals surface area contributed by atoms with E-state index in [1.807, 2.05) is 42.5 Å². The van der Waals surface area contributed by atoms with Crippen LogP contribution in [0.2, 0.25) is 0 Å². The quantitative estimate of drug-likeness (QED) is 0.596. The van der Waals surface area contributed by atoms with Gasteiger partial charge in [-0.3, -0.25) is 19.1 Å². The Morgan fingerprint density at radius 1 is 0.923 bits per heavy atom. The first-order valence-electron chi connectivity index (χ1n) is 8.56. The lowest BCUT2D eigenvalue weighted by molar-refractivity contribution is -0.124. The molecule has 2 fully saturated rings. The van der Waals surface area contributed by atoms with Gasteiger partial charge in [0.2, 0.25) is 11.8 Å². The molecule has 1 aromatic heterocycles. The van der Waals surface area contributed by atoms with Crippen LogP contribution in [0.25, 0.3) is 5.69 Å². The highest BCUT2D eigenvalue weighted by molar-refractivity contribution is 6.23. The highest BCUT2D eigenvalue weighted by Crippen LogP contribution is 2.46. The summed E-state index contributed by atoms with van der Waals surface area (Å²) in [6.45, 7) is 1.74. The molecule has 0 spiro atoms. The Bertz CT molecular complexity index is 1000. The summed E-state index contributed by atoms with van der Waals surface area (Å²) in [6, 6.07) is 9.15. The molecule has 4 atom stereocenters. The van der Waals surface area contributed by atoms with Gasteiger partial charge in [-0.2, -0.15) is 0 Å². The third-order valence-corrected chi connectivity index (χ3v) is 5.66. The van der Waals surface area contributed by atoms with Crippen molar-refractivity contribution in [2.45, 2.75) is 19.1 Å². The number of aromatic nitrogens is 2. The van der Waals surface area contributed by atoms with Crippen molar-refractivity contribution in [3.8, 4) is 5.69 Å². The molecule has 2 saturated heterocycles. The van der Waals surface area contributed by atoms with Gasteiger partial charge in [0.25, 0.3) is 5.56 Å². The Morgan fingerprint density at radius 2 is 1.50 bits per heavy atom. The summed E-state index contributed by atoms with van der Waals surface area (Å²) in [5.74, 6) is -1.74. The Kier molecular flexibility index (Phi) is 2.98. The van der Waals surface area contributed by atoms with Crippen LogP contribution in [0.15, 0.2) is 47.3 Å². The standard InChI is InChI=1S/C19H17N3O4/c1-10-16(19(25)22(20(10)2)11-6-4-3-5-7-11)21-17(23)14-12-8-9-13(26-12)15(14)18(21)24/h3-9,12-15H,1-2H3/t12-,13-,14-,15-/m1/s1. The fourth-order valence-corrected chi connectivity index (χ4v) is 4.34. The smallest absolute Gasteiger partial charge is 0.296 e. The van der Waals surface area contributed by atoms with Crippen molar-refractivity contribution in [2.24, 2.45) is 18.9 Å². The summed E-state index contributed by atoms with van der Waals surface area (Å²) in [6.07, 6.45) is 2.93. The van der Waals surface area contributed by atoms with Crippen molar-refractivity contribution in [1.82, 2.24) is 9.36 Å². The van der Waals surface area contributed by atoms with E-state index in [-0.39, 0.29) is 35.3 Å². The molecule has 4 heterocycles. The van der Waals surface area contributed by atoms with Crippen LogP contribution in [-0.2, 0) is 21.4 Å². The van der Waals surface area contributed by atoms with Gasteiger partial charge in [-0.25, -0.2) is 9.58 Å². The van der Waals surface area contributed by atoms with E-state index in [0.717, 1.165) is 4.90 Å². The summed E-state index contributed by atoms with van der Waals surface area (Å²) >= 11 is 0. The minimum atomic E-state index is -0.526. The number of hydrogen-bond donors (Lipinski definition) is 0. The van der Waals surface area contributed by atoms with Crippen LogP contribution < -0.4 is 10.5 Å². The monoisotopic (exact) mass is 351 g/mol. The molecule has 7 heteroatoms. The first-order valence-corrected chi connectivity index (χ1v) is 8.56. The summed E-state index contributed by atoms with van der Waals surface area (Å²) in [4.78, 5) is 40.2. The van der Waals surface area contributed by atoms with Crippen LogP contribution in [0.1, 0.15) is 5.69 Å². The lowest BCUT2D eigenvalue weighted by Crippen LogP contribution is -2.38. The molecule has 2 amide bonds. The van der Waals surface area contributed by atoms with Crippen LogP contribution in [0.4, 0.5) is 5.69 Å². The highest BCUT2D eigenvalue weighted by atomic mass is 16.5. The van der Waals surface area contributed by atoms with Gasteiger partial charge in [0.1, 0.15) is 5.69 Å². The fraction of sp³-hybridized carbons (Fsp3) is 0.316. The van der Waals surface area contributed by atoms with Gasteiger partial charge in [0.05, 0.1) is 35.4 Å². The SMILES string of the molecule is Cc1c(N2C(=O)[C@H]3[C@H](C2=O)[C@H]2C=C[C@H]3O2)c(=O)n(-c2ccccc2)n1C. The maximum atomic E-state index is 13.1. The van der Waals surface area contributed by atoms with E-state index in [1.165, 1.54) is 4.68 Å². The first kappa shape index (κ1) is 15.3. The topological polar surface area (TPSA) is 73.5 Å². The van der Waals surface area contributed by atoms with E-state index in [2.05, 4.69) is 0 Å². The number of hydrogen-bond acceptors (Lipinski definition) is 4. The second-order valence-electron chi connectivity index (χ2n) is 6.92. The predicted molar refractivity (Wildman–Crippen MR) is 93.0 cm³/mol. The van der Waals surface area contributed by atoms with Crippen molar-refractivity contribution in [3.63, 3.8) is 0 Å². The Labute approximate surface area is 149 Å². The fourth-order valence-electron chi connectivity index (χ4n) is 4.34. The van der Waals surface area contributed by atoms with Gasteiger partial charge in [0.15, 0.2) is 0 Å². The van der Waals surface area contributed by atoms with Crippen LogP contribution >= 0.6 is 0 Å². The molecular weight excluding hydrogens is 334 g/mol. The first-order chi connectivity index (χ1) is 12.5. The number of amides is 2. The summed E-state index contributed by atoms with van der Waals surface area (Å²) in [5, 5.41) is 0. The second kappa shape index (κ2) is 5.04. The molecule has 3 aliphatic heterocycles. The zero-order valence-electron chi connectivity index (χ0n) is 14.3. The minimum absolute atomic E-state index is 0.139. The predicted octanol–water partition coefficient (Wildman–Crippen LogP) is 0.927. The van der Waals surface area contributed by atoms with E-state index in [0.29, 0.717) is 11.4 Å². The number of imide groups is 1. The molecule has 0 unspecified atom stereocenters. The molecule has 1 aromatic carbocycles. The van der Waals surface area contributed by atoms with Crippen LogP contribution in [0, 0.1) is 18.8 Å². The molecule has 132 valence electrons.